The van der Waals surface area contributed by atoms with E-state index in [-0.39, 0.29) is 5.56 Å². The van der Waals surface area contributed by atoms with Crippen molar-refractivity contribution in [3.8, 4) is 5.75 Å². The van der Waals surface area contributed by atoms with Gasteiger partial charge in [0.2, 0.25) is 0 Å². The molecule has 0 spiro atoms. The summed E-state index contributed by atoms with van der Waals surface area (Å²) in [4.78, 5) is 10.6. The van der Waals surface area contributed by atoms with Crippen LogP contribution in [0.3, 0.4) is 0 Å². The summed E-state index contributed by atoms with van der Waals surface area (Å²) in [6.45, 7) is 1.09. The maximum atomic E-state index is 10.6. The standard InChI is InChI=1S/C13H16O4/c14-13(15)10-4-6-12(7-5-10)17-9-8-16-11-2-1-3-11/h4-7,11H,1-3,8-9H2,(H,14,15). The van der Waals surface area contributed by atoms with Gasteiger partial charge >= 0.3 is 5.97 Å². The molecule has 0 aliphatic heterocycles. The average Bonchev–Trinajstić information content (AvgIpc) is 2.27. The fourth-order valence-electron chi connectivity index (χ4n) is 1.61. The van der Waals surface area contributed by atoms with Crippen molar-refractivity contribution in [1.29, 1.82) is 0 Å². The molecule has 0 amide bonds. The van der Waals surface area contributed by atoms with Gasteiger partial charge in [-0.15, -0.1) is 0 Å². The van der Waals surface area contributed by atoms with E-state index in [9.17, 15) is 4.79 Å². The van der Waals surface area contributed by atoms with Gasteiger partial charge in [-0.25, -0.2) is 4.79 Å². The molecule has 0 aromatic heterocycles. The summed E-state index contributed by atoms with van der Waals surface area (Å²) < 4.78 is 11.0. The Labute approximate surface area is 100 Å². The first kappa shape index (κ1) is 11.9. The molecule has 1 aliphatic carbocycles. The van der Waals surface area contributed by atoms with E-state index in [0.717, 1.165) is 12.8 Å². The molecule has 1 aromatic carbocycles. The van der Waals surface area contributed by atoms with Crippen molar-refractivity contribution < 1.29 is 19.4 Å². The molecule has 17 heavy (non-hydrogen) atoms. The summed E-state index contributed by atoms with van der Waals surface area (Å²) >= 11 is 0. The Morgan fingerprint density at radius 2 is 1.94 bits per heavy atom. The third kappa shape index (κ3) is 3.46. The zero-order valence-electron chi connectivity index (χ0n) is 9.59. The van der Waals surface area contributed by atoms with Crippen LogP contribution in [0.25, 0.3) is 0 Å². The third-order valence-electron chi connectivity index (χ3n) is 2.86. The highest BCUT2D eigenvalue weighted by atomic mass is 16.5. The summed E-state index contributed by atoms with van der Waals surface area (Å²) in [5.41, 5.74) is 0.267. The van der Waals surface area contributed by atoms with Crippen molar-refractivity contribution in [2.24, 2.45) is 0 Å². The largest absolute Gasteiger partial charge is 0.491 e. The Morgan fingerprint density at radius 1 is 1.24 bits per heavy atom. The number of hydrogen-bond donors (Lipinski definition) is 1. The molecular weight excluding hydrogens is 220 g/mol. The summed E-state index contributed by atoms with van der Waals surface area (Å²) in [5, 5.41) is 8.72. The van der Waals surface area contributed by atoms with Gasteiger partial charge in [-0.05, 0) is 43.5 Å². The van der Waals surface area contributed by atoms with Crippen LogP contribution in [0, 0.1) is 0 Å². The minimum atomic E-state index is -0.926. The van der Waals surface area contributed by atoms with Crippen molar-refractivity contribution in [1.82, 2.24) is 0 Å². The Kier molecular flexibility index (Phi) is 3.98. The van der Waals surface area contributed by atoms with Crippen LogP contribution in [0.1, 0.15) is 29.6 Å². The van der Waals surface area contributed by atoms with E-state index in [1.165, 1.54) is 18.6 Å². The van der Waals surface area contributed by atoms with E-state index in [0.29, 0.717) is 25.1 Å². The molecule has 0 radical (unpaired) electrons. The second-order valence-electron chi connectivity index (χ2n) is 4.10. The van der Waals surface area contributed by atoms with Gasteiger partial charge in [-0.1, -0.05) is 0 Å². The van der Waals surface area contributed by atoms with Crippen LogP contribution >= 0.6 is 0 Å². The van der Waals surface area contributed by atoms with Crippen molar-refractivity contribution >= 4 is 5.97 Å². The second kappa shape index (κ2) is 5.68. The van der Waals surface area contributed by atoms with Gasteiger partial charge in [0.05, 0.1) is 18.3 Å². The van der Waals surface area contributed by atoms with E-state index in [1.807, 2.05) is 0 Å². The Morgan fingerprint density at radius 3 is 2.47 bits per heavy atom. The SMILES string of the molecule is O=C(O)c1ccc(OCCOC2CCC2)cc1. The van der Waals surface area contributed by atoms with E-state index >= 15 is 0 Å². The van der Waals surface area contributed by atoms with Gasteiger partial charge in [-0.3, -0.25) is 0 Å². The van der Waals surface area contributed by atoms with Crippen molar-refractivity contribution in [3.05, 3.63) is 29.8 Å². The molecule has 2 rings (SSSR count). The number of hydrogen-bond acceptors (Lipinski definition) is 3. The summed E-state index contributed by atoms with van der Waals surface area (Å²) in [5.74, 6) is -0.253. The highest BCUT2D eigenvalue weighted by Gasteiger charge is 2.17. The van der Waals surface area contributed by atoms with Gasteiger partial charge in [0.25, 0.3) is 0 Å². The Hall–Kier alpha value is -1.55. The van der Waals surface area contributed by atoms with Crippen LogP contribution in [-0.2, 0) is 4.74 Å². The first-order valence-electron chi connectivity index (χ1n) is 5.83. The van der Waals surface area contributed by atoms with E-state index < -0.39 is 5.97 Å². The minimum Gasteiger partial charge on any atom is -0.491 e. The molecule has 0 bridgehead atoms. The van der Waals surface area contributed by atoms with Crippen molar-refractivity contribution in [2.75, 3.05) is 13.2 Å². The lowest BCUT2D eigenvalue weighted by molar-refractivity contribution is -0.0103. The van der Waals surface area contributed by atoms with E-state index in [4.69, 9.17) is 14.6 Å². The molecule has 1 aromatic rings. The molecule has 0 unspecified atom stereocenters. The van der Waals surface area contributed by atoms with Crippen LogP contribution in [0.5, 0.6) is 5.75 Å². The quantitative estimate of drug-likeness (QED) is 0.770. The lowest BCUT2D eigenvalue weighted by Gasteiger charge is -2.25. The van der Waals surface area contributed by atoms with Crippen LogP contribution in [0.2, 0.25) is 0 Å². The second-order valence-corrected chi connectivity index (χ2v) is 4.10. The molecule has 0 atom stereocenters. The highest BCUT2D eigenvalue weighted by molar-refractivity contribution is 5.87. The van der Waals surface area contributed by atoms with Gasteiger partial charge in [-0.2, -0.15) is 0 Å². The highest BCUT2D eigenvalue weighted by Crippen LogP contribution is 2.21. The molecule has 1 N–H and O–H groups in total. The number of rotatable bonds is 6. The maximum Gasteiger partial charge on any atom is 0.335 e. The number of benzene rings is 1. The number of carbonyl (C=O) groups is 1. The average molecular weight is 236 g/mol. The summed E-state index contributed by atoms with van der Waals surface area (Å²) in [6, 6.07) is 6.38. The minimum absolute atomic E-state index is 0.267. The Bertz CT molecular complexity index is 368. The number of ether oxygens (including phenoxy) is 2. The van der Waals surface area contributed by atoms with Crippen molar-refractivity contribution in [3.63, 3.8) is 0 Å². The van der Waals surface area contributed by atoms with E-state index in [2.05, 4.69) is 0 Å². The topological polar surface area (TPSA) is 55.8 Å². The first-order valence-corrected chi connectivity index (χ1v) is 5.83. The molecule has 1 aliphatic rings. The molecule has 92 valence electrons. The summed E-state index contributed by atoms with van der Waals surface area (Å²) in [6.07, 6.45) is 4.01. The van der Waals surface area contributed by atoms with E-state index in [1.54, 1.807) is 12.1 Å². The van der Waals surface area contributed by atoms with Crippen LogP contribution in [-0.4, -0.2) is 30.4 Å². The first-order chi connectivity index (χ1) is 8.25. The molecule has 4 nitrogen and oxygen atoms in total. The molecular formula is C13H16O4. The fraction of sp³-hybridized carbons (Fsp3) is 0.462. The normalized spacial score (nSPS) is 15.3. The lowest BCUT2D eigenvalue weighted by Crippen LogP contribution is -2.23. The number of carboxylic acid groups (broad SMARTS) is 1. The van der Waals surface area contributed by atoms with Crippen molar-refractivity contribution in [2.45, 2.75) is 25.4 Å². The predicted octanol–water partition coefficient (Wildman–Crippen LogP) is 2.33. The molecule has 4 heteroatoms. The van der Waals surface area contributed by atoms with Gasteiger partial charge in [0, 0.05) is 0 Å². The van der Waals surface area contributed by atoms with Crippen LogP contribution in [0.15, 0.2) is 24.3 Å². The number of aromatic carboxylic acids is 1. The summed E-state index contributed by atoms with van der Waals surface area (Å²) in [7, 11) is 0. The molecule has 1 saturated carbocycles. The van der Waals surface area contributed by atoms with Gasteiger partial charge in [0.15, 0.2) is 0 Å². The zero-order chi connectivity index (χ0) is 12.1. The monoisotopic (exact) mass is 236 g/mol. The molecule has 0 saturated heterocycles. The van der Waals surface area contributed by atoms with Crippen LogP contribution < -0.4 is 4.74 Å². The van der Waals surface area contributed by atoms with Gasteiger partial charge in [0.1, 0.15) is 12.4 Å². The maximum absolute atomic E-state index is 10.6. The Balaban J connectivity index is 1.69. The smallest absolute Gasteiger partial charge is 0.335 e. The predicted molar refractivity (Wildman–Crippen MR) is 62.5 cm³/mol. The fourth-order valence-corrected chi connectivity index (χ4v) is 1.61. The molecule has 1 fully saturated rings. The molecule has 0 heterocycles. The lowest BCUT2D eigenvalue weighted by atomic mass is 9.96. The zero-order valence-corrected chi connectivity index (χ0v) is 9.59. The van der Waals surface area contributed by atoms with Gasteiger partial charge < -0.3 is 14.6 Å². The number of carboxylic acids is 1. The third-order valence-corrected chi connectivity index (χ3v) is 2.86. The van der Waals surface area contributed by atoms with Crippen LogP contribution in [0.4, 0.5) is 0 Å².